The maximum absolute atomic E-state index is 12.4. The zero-order chi connectivity index (χ0) is 16.9. The summed E-state index contributed by atoms with van der Waals surface area (Å²) in [7, 11) is 0. The normalized spacial score (nSPS) is 24.7. The minimum absolute atomic E-state index is 0.0327. The Kier molecular flexibility index (Phi) is 5.84. The van der Waals surface area contributed by atoms with Gasteiger partial charge in [0.2, 0.25) is 11.8 Å². The van der Waals surface area contributed by atoms with E-state index in [1.165, 1.54) is 0 Å². The van der Waals surface area contributed by atoms with Crippen molar-refractivity contribution in [1.82, 2.24) is 15.0 Å². The molecule has 7 nitrogen and oxygen atoms in total. The maximum Gasteiger partial charge on any atom is 0.248 e. The van der Waals surface area contributed by atoms with Gasteiger partial charge in [0, 0.05) is 31.5 Å². The molecule has 0 unspecified atom stereocenters. The van der Waals surface area contributed by atoms with Crippen LogP contribution in [0.5, 0.6) is 0 Å². The first-order valence-corrected chi connectivity index (χ1v) is 8.94. The summed E-state index contributed by atoms with van der Waals surface area (Å²) in [5, 5.41) is 4.10. The summed E-state index contributed by atoms with van der Waals surface area (Å²) in [6.45, 7) is 6.89. The molecule has 3 heterocycles. The van der Waals surface area contributed by atoms with Crippen molar-refractivity contribution in [2.75, 3.05) is 32.9 Å². The highest BCUT2D eigenvalue weighted by Crippen LogP contribution is 2.26. The molecule has 0 spiro atoms. The van der Waals surface area contributed by atoms with Gasteiger partial charge in [-0.1, -0.05) is 19.0 Å². The van der Waals surface area contributed by atoms with Crippen LogP contribution in [-0.4, -0.2) is 60.0 Å². The van der Waals surface area contributed by atoms with Gasteiger partial charge in [0.05, 0.1) is 12.7 Å². The summed E-state index contributed by atoms with van der Waals surface area (Å²) in [6, 6.07) is 0. The Balaban J connectivity index is 1.47. The summed E-state index contributed by atoms with van der Waals surface area (Å²) in [5.41, 5.74) is 0. The maximum atomic E-state index is 12.4. The van der Waals surface area contributed by atoms with E-state index < -0.39 is 0 Å². The van der Waals surface area contributed by atoms with Gasteiger partial charge in [0.25, 0.3) is 0 Å². The molecular formula is C17H27N3O4. The number of ether oxygens (including phenoxy) is 2. The summed E-state index contributed by atoms with van der Waals surface area (Å²) >= 11 is 0. The lowest BCUT2D eigenvalue weighted by molar-refractivity contribution is -0.138. The standard InChI is InChI=1S/C17H27N3O4/c1-12(2)17-18-16(19-24-17)13-5-3-7-20(9-13)15(21)11-22-10-14-6-4-8-23-14/h12-14H,3-11H2,1-2H3/t13-,14+/m1/s1. The van der Waals surface area contributed by atoms with E-state index in [-0.39, 0.29) is 30.5 Å². The molecule has 0 saturated carbocycles. The zero-order valence-electron chi connectivity index (χ0n) is 14.6. The van der Waals surface area contributed by atoms with Crippen molar-refractivity contribution < 1.29 is 18.8 Å². The first-order chi connectivity index (χ1) is 11.6. The minimum atomic E-state index is 0.0327. The Morgan fingerprint density at radius 2 is 2.25 bits per heavy atom. The number of amides is 1. The third kappa shape index (κ3) is 4.33. The van der Waals surface area contributed by atoms with E-state index in [0.29, 0.717) is 19.0 Å². The monoisotopic (exact) mass is 337 g/mol. The molecule has 3 rings (SSSR count). The average Bonchev–Trinajstić information content (AvgIpc) is 3.26. The van der Waals surface area contributed by atoms with E-state index in [1.807, 2.05) is 18.7 Å². The summed E-state index contributed by atoms with van der Waals surface area (Å²) in [6.07, 6.45) is 4.20. The van der Waals surface area contributed by atoms with Crippen molar-refractivity contribution in [3.63, 3.8) is 0 Å². The molecule has 1 aromatic heterocycles. The number of hydrogen-bond donors (Lipinski definition) is 0. The molecule has 2 aliphatic heterocycles. The van der Waals surface area contributed by atoms with E-state index in [0.717, 1.165) is 44.7 Å². The molecule has 0 aromatic carbocycles. The van der Waals surface area contributed by atoms with Crippen LogP contribution in [0.15, 0.2) is 4.52 Å². The van der Waals surface area contributed by atoms with E-state index in [4.69, 9.17) is 14.0 Å². The zero-order valence-corrected chi connectivity index (χ0v) is 14.6. The Morgan fingerprint density at radius 3 is 2.96 bits per heavy atom. The lowest BCUT2D eigenvalue weighted by Crippen LogP contribution is -2.41. The van der Waals surface area contributed by atoms with Gasteiger partial charge in [0.1, 0.15) is 6.61 Å². The Hall–Kier alpha value is -1.47. The molecule has 0 aliphatic carbocycles. The predicted molar refractivity (Wildman–Crippen MR) is 86.7 cm³/mol. The van der Waals surface area contributed by atoms with Crippen molar-refractivity contribution in [2.24, 2.45) is 0 Å². The number of carbonyl (C=O) groups excluding carboxylic acids is 1. The molecule has 2 aliphatic rings. The number of aromatic nitrogens is 2. The molecule has 0 N–H and O–H groups in total. The molecule has 2 fully saturated rings. The number of nitrogens with zero attached hydrogens (tertiary/aromatic N) is 3. The van der Waals surface area contributed by atoms with Gasteiger partial charge in [-0.2, -0.15) is 4.98 Å². The molecule has 2 saturated heterocycles. The van der Waals surface area contributed by atoms with Crippen LogP contribution in [0.3, 0.4) is 0 Å². The van der Waals surface area contributed by atoms with Gasteiger partial charge in [-0.25, -0.2) is 0 Å². The van der Waals surface area contributed by atoms with E-state index >= 15 is 0 Å². The average molecular weight is 337 g/mol. The summed E-state index contributed by atoms with van der Waals surface area (Å²) < 4.78 is 16.3. The van der Waals surface area contributed by atoms with Crippen LogP contribution in [0.4, 0.5) is 0 Å². The van der Waals surface area contributed by atoms with Crippen LogP contribution < -0.4 is 0 Å². The lowest BCUT2D eigenvalue weighted by Gasteiger charge is -2.31. The highest BCUT2D eigenvalue weighted by molar-refractivity contribution is 5.77. The molecular weight excluding hydrogens is 310 g/mol. The lowest BCUT2D eigenvalue weighted by atomic mass is 9.97. The van der Waals surface area contributed by atoms with Crippen molar-refractivity contribution >= 4 is 5.91 Å². The van der Waals surface area contributed by atoms with Crippen molar-refractivity contribution in [3.05, 3.63) is 11.7 Å². The van der Waals surface area contributed by atoms with Crippen LogP contribution >= 0.6 is 0 Å². The molecule has 24 heavy (non-hydrogen) atoms. The molecule has 0 bridgehead atoms. The van der Waals surface area contributed by atoms with E-state index in [2.05, 4.69) is 10.1 Å². The Bertz CT molecular complexity index is 540. The fourth-order valence-corrected chi connectivity index (χ4v) is 3.21. The Morgan fingerprint density at radius 1 is 1.38 bits per heavy atom. The first kappa shape index (κ1) is 17.4. The van der Waals surface area contributed by atoms with Gasteiger partial charge in [0.15, 0.2) is 5.82 Å². The van der Waals surface area contributed by atoms with Gasteiger partial charge in [-0.05, 0) is 25.7 Å². The third-order valence-corrected chi connectivity index (χ3v) is 4.64. The van der Waals surface area contributed by atoms with Crippen LogP contribution in [-0.2, 0) is 14.3 Å². The van der Waals surface area contributed by atoms with Crippen molar-refractivity contribution in [3.8, 4) is 0 Å². The molecule has 1 aromatic rings. The quantitative estimate of drug-likeness (QED) is 0.791. The number of likely N-dealkylation sites (tertiary alicyclic amines) is 1. The number of piperidine rings is 1. The number of carbonyl (C=O) groups is 1. The number of hydrogen-bond acceptors (Lipinski definition) is 6. The van der Waals surface area contributed by atoms with Gasteiger partial charge >= 0.3 is 0 Å². The van der Waals surface area contributed by atoms with Crippen LogP contribution in [0, 0.1) is 0 Å². The Labute approximate surface area is 142 Å². The van der Waals surface area contributed by atoms with Gasteiger partial charge < -0.3 is 18.9 Å². The predicted octanol–water partition coefficient (Wildman–Crippen LogP) is 2.09. The van der Waals surface area contributed by atoms with Crippen LogP contribution in [0.2, 0.25) is 0 Å². The molecule has 7 heteroatoms. The second-order valence-electron chi connectivity index (χ2n) is 6.97. The largest absolute Gasteiger partial charge is 0.376 e. The van der Waals surface area contributed by atoms with E-state index in [9.17, 15) is 4.79 Å². The fraction of sp³-hybridized carbons (Fsp3) is 0.824. The molecule has 2 atom stereocenters. The summed E-state index contributed by atoms with van der Waals surface area (Å²) in [4.78, 5) is 18.7. The first-order valence-electron chi connectivity index (χ1n) is 8.94. The van der Waals surface area contributed by atoms with Crippen LogP contribution in [0.25, 0.3) is 0 Å². The SMILES string of the molecule is CC(C)c1nc([C@@H]2CCCN(C(=O)COC[C@@H]3CCCO3)C2)no1. The topological polar surface area (TPSA) is 77.7 Å². The second kappa shape index (κ2) is 8.07. The number of rotatable bonds is 6. The van der Waals surface area contributed by atoms with Gasteiger partial charge in [-0.3, -0.25) is 4.79 Å². The smallest absolute Gasteiger partial charge is 0.248 e. The van der Waals surface area contributed by atoms with Crippen LogP contribution in [0.1, 0.15) is 63.1 Å². The van der Waals surface area contributed by atoms with Crippen molar-refractivity contribution in [2.45, 2.75) is 57.5 Å². The van der Waals surface area contributed by atoms with E-state index in [1.54, 1.807) is 0 Å². The van der Waals surface area contributed by atoms with Crippen molar-refractivity contribution in [1.29, 1.82) is 0 Å². The molecule has 0 radical (unpaired) electrons. The highest BCUT2D eigenvalue weighted by atomic mass is 16.5. The van der Waals surface area contributed by atoms with Gasteiger partial charge in [-0.15, -0.1) is 0 Å². The fourth-order valence-electron chi connectivity index (χ4n) is 3.21. The molecule has 1 amide bonds. The second-order valence-corrected chi connectivity index (χ2v) is 6.97. The molecule has 134 valence electrons. The highest BCUT2D eigenvalue weighted by Gasteiger charge is 2.28. The summed E-state index contributed by atoms with van der Waals surface area (Å²) in [5.74, 6) is 1.78. The third-order valence-electron chi connectivity index (χ3n) is 4.64. The minimum Gasteiger partial charge on any atom is -0.376 e.